The molecule has 1 heterocycles. The van der Waals surface area contributed by atoms with Gasteiger partial charge in [0.25, 0.3) is 5.91 Å². The Morgan fingerprint density at radius 1 is 1.59 bits per heavy atom. The molecule has 0 atom stereocenters. The fraction of sp³-hybridized carbons (Fsp3) is 0.364. The molecule has 6 heteroatoms. The second-order valence-corrected chi connectivity index (χ2v) is 3.35. The second kappa shape index (κ2) is 6.33. The first-order valence-corrected chi connectivity index (χ1v) is 5.11. The topological polar surface area (TPSA) is 95.0 Å². The average molecular weight is 235 g/mol. The molecule has 0 aliphatic carbocycles. The van der Waals surface area contributed by atoms with E-state index in [1.54, 1.807) is 0 Å². The molecular weight excluding hydrogens is 222 g/mol. The summed E-state index contributed by atoms with van der Waals surface area (Å²) in [4.78, 5) is 25.0. The number of methoxy groups -OCH3 is 1. The number of carbonyl (C=O) groups is 2. The highest BCUT2D eigenvalue weighted by atomic mass is 16.5. The van der Waals surface area contributed by atoms with E-state index in [9.17, 15) is 9.59 Å². The van der Waals surface area contributed by atoms with Gasteiger partial charge in [-0.2, -0.15) is 5.26 Å². The van der Waals surface area contributed by atoms with Gasteiger partial charge in [-0.05, 0) is 12.5 Å². The Morgan fingerprint density at radius 3 is 2.94 bits per heavy atom. The van der Waals surface area contributed by atoms with Gasteiger partial charge in [0.05, 0.1) is 12.7 Å². The van der Waals surface area contributed by atoms with E-state index in [0.717, 1.165) is 0 Å². The summed E-state index contributed by atoms with van der Waals surface area (Å²) in [5.41, 5.74) is 0.740. The summed E-state index contributed by atoms with van der Waals surface area (Å²) < 4.78 is 4.47. The fourth-order valence-electron chi connectivity index (χ4n) is 1.22. The first kappa shape index (κ1) is 12.8. The van der Waals surface area contributed by atoms with Gasteiger partial charge < -0.3 is 15.0 Å². The number of hydrogen-bond acceptors (Lipinski definition) is 4. The number of H-pyrrole nitrogens is 1. The Hall–Kier alpha value is -2.29. The van der Waals surface area contributed by atoms with Crippen molar-refractivity contribution in [2.75, 3.05) is 13.7 Å². The highest BCUT2D eigenvalue weighted by molar-refractivity contribution is 5.92. The maximum Gasteiger partial charge on any atom is 0.305 e. The minimum Gasteiger partial charge on any atom is -0.469 e. The molecule has 1 rings (SSSR count). The molecule has 0 spiro atoms. The predicted octanol–water partition coefficient (Wildman–Crippen LogP) is 0.569. The molecule has 2 N–H and O–H groups in total. The quantitative estimate of drug-likeness (QED) is 0.576. The molecule has 0 saturated carbocycles. The number of esters is 1. The number of aromatic amines is 1. The fourth-order valence-corrected chi connectivity index (χ4v) is 1.22. The van der Waals surface area contributed by atoms with E-state index in [1.165, 1.54) is 19.4 Å². The zero-order valence-electron chi connectivity index (χ0n) is 9.45. The van der Waals surface area contributed by atoms with E-state index in [2.05, 4.69) is 15.0 Å². The van der Waals surface area contributed by atoms with E-state index in [-0.39, 0.29) is 18.3 Å². The molecular formula is C11H13N3O3. The summed E-state index contributed by atoms with van der Waals surface area (Å²) in [6.07, 6.45) is 2.25. The van der Waals surface area contributed by atoms with Crippen molar-refractivity contribution in [1.82, 2.24) is 10.3 Å². The van der Waals surface area contributed by atoms with Gasteiger partial charge in [-0.3, -0.25) is 9.59 Å². The summed E-state index contributed by atoms with van der Waals surface area (Å²) in [6.45, 7) is 0.384. The molecule has 0 aromatic carbocycles. The van der Waals surface area contributed by atoms with Crippen LogP contribution in [0.3, 0.4) is 0 Å². The van der Waals surface area contributed by atoms with Gasteiger partial charge in [0.1, 0.15) is 11.8 Å². The van der Waals surface area contributed by atoms with Crippen LogP contribution in [-0.2, 0) is 9.53 Å². The van der Waals surface area contributed by atoms with Crippen LogP contribution in [0.15, 0.2) is 12.3 Å². The molecule has 0 fully saturated rings. The van der Waals surface area contributed by atoms with Crippen molar-refractivity contribution in [2.45, 2.75) is 12.8 Å². The van der Waals surface area contributed by atoms with Crippen molar-refractivity contribution in [3.05, 3.63) is 23.5 Å². The molecule has 1 aromatic heterocycles. The summed E-state index contributed by atoms with van der Waals surface area (Å²) in [6, 6.07) is 3.39. The molecule has 1 amide bonds. The number of hydrogen-bond donors (Lipinski definition) is 2. The summed E-state index contributed by atoms with van der Waals surface area (Å²) in [7, 11) is 1.32. The molecule has 0 bridgehead atoms. The van der Waals surface area contributed by atoms with Crippen molar-refractivity contribution in [3.8, 4) is 6.07 Å². The van der Waals surface area contributed by atoms with Gasteiger partial charge in [-0.25, -0.2) is 0 Å². The van der Waals surface area contributed by atoms with Crippen molar-refractivity contribution in [2.24, 2.45) is 0 Å². The molecule has 17 heavy (non-hydrogen) atoms. The third kappa shape index (κ3) is 3.99. The third-order valence-electron chi connectivity index (χ3n) is 2.13. The van der Waals surface area contributed by atoms with Crippen LogP contribution in [0.4, 0.5) is 0 Å². The normalized spacial score (nSPS) is 9.41. The number of ether oxygens (including phenoxy) is 1. The molecule has 90 valence electrons. The minimum atomic E-state index is -0.300. The van der Waals surface area contributed by atoms with Crippen LogP contribution in [-0.4, -0.2) is 30.5 Å². The highest BCUT2D eigenvalue weighted by Crippen LogP contribution is 2.01. The van der Waals surface area contributed by atoms with E-state index >= 15 is 0 Å². The van der Waals surface area contributed by atoms with Gasteiger partial charge in [0, 0.05) is 19.2 Å². The van der Waals surface area contributed by atoms with Crippen LogP contribution < -0.4 is 5.32 Å². The first-order valence-electron chi connectivity index (χ1n) is 5.11. The summed E-state index contributed by atoms with van der Waals surface area (Å²) >= 11 is 0. The minimum absolute atomic E-state index is 0.269. The second-order valence-electron chi connectivity index (χ2n) is 3.35. The van der Waals surface area contributed by atoms with Gasteiger partial charge >= 0.3 is 5.97 Å². The Bertz CT molecular complexity index is 445. The number of amides is 1. The third-order valence-corrected chi connectivity index (χ3v) is 2.13. The standard InChI is InChI=1S/C11H13N3O3/c1-17-10(15)3-2-4-13-11(16)9-5-8(6-12)7-14-9/h5,7,14H,2-4H2,1H3,(H,13,16). The van der Waals surface area contributed by atoms with Gasteiger partial charge in [0.15, 0.2) is 0 Å². The van der Waals surface area contributed by atoms with Crippen LogP contribution in [0.5, 0.6) is 0 Å². The highest BCUT2D eigenvalue weighted by Gasteiger charge is 2.08. The van der Waals surface area contributed by atoms with Crippen LogP contribution in [0.1, 0.15) is 28.9 Å². The lowest BCUT2D eigenvalue weighted by Crippen LogP contribution is -2.25. The van der Waals surface area contributed by atoms with Gasteiger partial charge in [0.2, 0.25) is 0 Å². The van der Waals surface area contributed by atoms with Crippen LogP contribution in [0.25, 0.3) is 0 Å². The number of nitrogens with one attached hydrogen (secondary N) is 2. The first-order chi connectivity index (χ1) is 8.17. The van der Waals surface area contributed by atoms with E-state index in [1.807, 2.05) is 6.07 Å². The van der Waals surface area contributed by atoms with Crippen molar-refractivity contribution < 1.29 is 14.3 Å². The molecule has 0 unspecified atom stereocenters. The number of rotatable bonds is 5. The van der Waals surface area contributed by atoms with Crippen molar-refractivity contribution in [1.29, 1.82) is 5.26 Å². The monoisotopic (exact) mass is 235 g/mol. The molecule has 6 nitrogen and oxygen atoms in total. The smallest absolute Gasteiger partial charge is 0.305 e. The van der Waals surface area contributed by atoms with Crippen molar-refractivity contribution >= 4 is 11.9 Å². The van der Waals surface area contributed by atoms with Crippen molar-refractivity contribution in [3.63, 3.8) is 0 Å². The maximum absolute atomic E-state index is 11.5. The van der Waals surface area contributed by atoms with E-state index in [4.69, 9.17) is 5.26 Å². The predicted molar refractivity (Wildman–Crippen MR) is 59.1 cm³/mol. The van der Waals surface area contributed by atoms with Gasteiger partial charge in [-0.15, -0.1) is 0 Å². The Balaban J connectivity index is 2.30. The van der Waals surface area contributed by atoms with E-state index in [0.29, 0.717) is 24.2 Å². The van der Waals surface area contributed by atoms with Crippen LogP contribution in [0.2, 0.25) is 0 Å². The lowest BCUT2D eigenvalue weighted by Gasteiger charge is -2.02. The zero-order valence-corrected chi connectivity index (χ0v) is 9.45. The number of nitrogens with zero attached hydrogens (tertiary/aromatic N) is 1. The number of nitriles is 1. The SMILES string of the molecule is COC(=O)CCCNC(=O)c1cc(C#N)c[nH]1. The maximum atomic E-state index is 11.5. The lowest BCUT2D eigenvalue weighted by atomic mass is 10.3. The zero-order chi connectivity index (χ0) is 12.7. The summed E-state index contributed by atoms with van der Waals surface area (Å²) in [5, 5.41) is 11.2. The average Bonchev–Trinajstić information content (AvgIpc) is 2.82. The Labute approximate surface area is 98.6 Å². The molecule has 0 radical (unpaired) electrons. The number of aromatic nitrogens is 1. The molecule has 0 aliphatic rings. The van der Waals surface area contributed by atoms with E-state index < -0.39 is 0 Å². The Morgan fingerprint density at radius 2 is 2.35 bits per heavy atom. The van der Waals surface area contributed by atoms with Crippen LogP contribution >= 0.6 is 0 Å². The van der Waals surface area contributed by atoms with Crippen LogP contribution in [0, 0.1) is 11.3 Å². The molecule has 0 saturated heterocycles. The lowest BCUT2D eigenvalue weighted by molar-refractivity contribution is -0.140. The number of carbonyl (C=O) groups excluding carboxylic acids is 2. The van der Waals surface area contributed by atoms with Gasteiger partial charge in [-0.1, -0.05) is 0 Å². The Kier molecular flexibility index (Phi) is 4.76. The molecule has 0 aliphatic heterocycles. The largest absolute Gasteiger partial charge is 0.469 e. The molecule has 1 aromatic rings. The summed E-state index contributed by atoms with van der Waals surface area (Å²) in [5.74, 6) is -0.595.